The van der Waals surface area contributed by atoms with E-state index >= 15 is 0 Å². The maximum absolute atomic E-state index is 13.2. The summed E-state index contributed by atoms with van der Waals surface area (Å²) < 4.78 is 52.2. The molecule has 0 N–H and O–H groups in total. The molecule has 0 amide bonds. The van der Waals surface area contributed by atoms with Crippen LogP contribution in [0.2, 0.25) is 0 Å². The SMILES string of the molecule is CC[C@@H]1CN(Cc2cc([C@](C)(OCc3cn(C)nn3)C(C)(C)C(=O)OOC(=O)C(F)(F)F)ccc2C)Cc2ncccc2O1. The Labute approximate surface area is 253 Å². The third kappa shape index (κ3) is 7.18. The van der Waals surface area contributed by atoms with Gasteiger partial charge in [0.1, 0.15) is 23.1 Å². The molecule has 3 heterocycles. The molecule has 238 valence electrons. The summed E-state index contributed by atoms with van der Waals surface area (Å²) in [6, 6.07) is 9.32. The lowest BCUT2D eigenvalue weighted by Crippen LogP contribution is -2.48. The molecule has 0 fully saturated rings. The van der Waals surface area contributed by atoms with Crippen LogP contribution >= 0.6 is 0 Å². The predicted octanol–water partition coefficient (Wildman–Crippen LogP) is 4.71. The molecule has 0 unspecified atom stereocenters. The number of benzene rings is 1. The number of carbonyl (C=O) groups is 2. The van der Waals surface area contributed by atoms with Gasteiger partial charge in [-0.05, 0) is 62.9 Å². The van der Waals surface area contributed by atoms with E-state index in [9.17, 15) is 22.8 Å². The lowest BCUT2D eigenvalue weighted by Gasteiger charge is -2.42. The van der Waals surface area contributed by atoms with Crippen molar-refractivity contribution in [1.82, 2.24) is 24.9 Å². The van der Waals surface area contributed by atoms with Gasteiger partial charge in [-0.25, -0.2) is 19.4 Å². The minimum atomic E-state index is -5.34. The molecule has 0 radical (unpaired) electrons. The van der Waals surface area contributed by atoms with Crippen molar-refractivity contribution in [2.45, 2.75) is 78.6 Å². The highest BCUT2D eigenvalue weighted by atomic mass is 19.4. The molecule has 1 aliphatic heterocycles. The first kappa shape index (κ1) is 32.9. The molecule has 2 atom stereocenters. The Morgan fingerprint density at radius 1 is 1.11 bits per heavy atom. The Hall–Kier alpha value is -4.04. The van der Waals surface area contributed by atoms with Crippen molar-refractivity contribution in [3.05, 3.63) is 70.8 Å². The molecule has 0 saturated heterocycles. The zero-order valence-corrected chi connectivity index (χ0v) is 25.5. The van der Waals surface area contributed by atoms with Gasteiger partial charge in [-0.2, -0.15) is 13.2 Å². The lowest BCUT2D eigenvalue weighted by atomic mass is 9.71. The number of pyridine rings is 1. The highest BCUT2D eigenvalue weighted by molar-refractivity contribution is 5.80. The highest BCUT2D eigenvalue weighted by Crippen LogP contribution is 2.45. The Kier molecular flexibility index (Phi) is 9.64. The quantitative estimate of drug-likeness (QED) is 0.246. The van der Waals surface area contributed by atoms with E-state index in [2.05, 4.69) is 36.9 Å². The zero-order valence-electron chi connectivity index (χ0n) is 25.5. The van der Waals surface area contributed by atoms with Crippen molar-refractivity contribution in [3.63, 3.8) is 0 Å². The Morgan fingerprint density at radius 2 is 1.84 bits per heavy atom. The molecule has 0 bridgehead atoms. The minimum absolute atomic E-state index is 0.0439. The predicted molar refractivity (Wildman–Crippen MR) is 149 cm³/mol. The molecule has 1 aromatic carbocycles. The summed E-state index contributed by atoms with van der Waals surface area (Å²) >= 11 is 0. The Balaban J connectivity index is 1.67. The van der Waals surface area contributed by atoms with E-state index in [0.717, 1.165) is 29.0 Å². The number of alkyl halides is 3. The number of halogens is 3. The zero-order chi connectivity index (χ0) is 32.3. The van der Waals surface area contributed by atoms with Gasteiger partial charge in [0.15, 0.2) is 0 Å². The summed E-state index contributed by atoms with van der Waals surface area (Å²) in [6.07, 6.45) is -1.22. The summed E-state index contributed by atoms with van der Waals surface area (Å²) in [4.78, 5) is 39.5. The molecule has 1 aliphatic rings. The number of aromatic nitrogens is 4. The van der Waals surface area contributed by atoms with Crippen molar-refractivity contribution in [1.29, 1.82) is 0 Å². The molecule has 0 aliphatic carbocycles. The molecule has 11 nitrogen and oxygen atoms in total. The van der Waals surface area contributed by atoms with E-state index in [4.69, 9.17) is 9.47 Å². The maximum Gasteiger partial charge on any atom is 0.495 e. The first-order valence-electron chi connectivity index (χ1n) is 14.1. The van der Waals surface area contributed by atoms with Crippen LogP contribution in [0.25, 0.3) is 0 Å². The van der Waals surface area contributed by atoms with E-state index < -0.39 is 29.1 Å². The van der Waals surface area contributed by atoms with Crippen molar-refractivity contribution >= 4 is 11.9 Å². The first-order valence-corrected chi connectivity index (χ1v) is 14.1. The molecule has 0 spiro atoms. The fourth-order valence-electron chi connectivity index (χ4n) is 4.87. The van der Waals surface area contributed by atoms with Crippen LogP contribution < -0.4 is 4.74 Å². The third-order valence-corrected chi connectivity index (χ3v) is 8.01. The standard InChI is InChI=1S/C30H36F3N5O6/c1-7-23-16-38(17-24-25(42-23)9-8-12-34-24)14-20-13-21(11-10-19(20)2)29(5,41-18-22-15-37(6)36-35-22)28(3,4)26(39)43-44-27(40)30(31,32)33/h8-13,15,23H,7,14,16-18H2,1-6H3/t23-,29+/m1/s1. The van der Waals surface area contributed by atoms with Crippen molar-refractivity contribution in [2.24, 2.45) is 12.5 Å². The van der Waals surface area contributed by atoms with Gasteiger partial charge in [-0.15, -0.1) is 5.10 Å². The molecule has 2 aromatic heterocycles. The second-order valence-electron chi connectivity index (χ2n) is 11.5. The summed E-state index contributed by atoms with van der Waals surface area (Å²) in [5.74, 6) is -3.13. The number of carbonyl (C=O) groups excluding carboxylic acids is 2. The number of rotatable bonds is 9. The number of aryl methyl sites for hydroxylation is 2. The van der Waals surface area contributed by atoms with Gasteiger partial charge in [0.05, 0.1) is 23.9 Å². The van der Waals surface area contributed by atoms with E-state index in [1.807, 2.05) is 31.2 Å². The van der Waals surface area contributed by atoms with Crippen molar-refractivity contribution in [2.75, 3.05) is 6.54 Å². The smallest absolute Gasteiger partial charge is 0.487 e. The van der Waals surface area contributed by atoms with Crippen LogP contribution in [-0.2, 0) is 56.4 Å². The largest absolute Gasteiger partial charge is 0.495 e. The van der Waals surface area contributed by atoms with Crippen LogP contribution in [0.3, 0.4) is 0 Å². The van der Waals surface area contributed by atoms with E-state index in [0.29, 0.717) is 30.9 Å². The first-order chi connectivity index (χ1) is 20.6. The molecule has 44 heavy (non-hydrogen) atoms. The monoisotopic (exact) mass is 619 g/mol. The molecule has 0 saturated carbocycles. The van der Waals surface area contributed by atoms with Gasteiger partial charge in [0.25, 0.3) is 0 Å². The van der Waals surface area contributed by atoms with Crippen LogP contribution in [-0.4, -0.2) is 55.6 Å². The van der Waals surface area contributed by atoms with Crippen LogP contribution in [0.5, 0.6) is 5.75 Å². The van der Waals surface area contributed by atoms with Crippen LogP contribution in [0.1, 0.15) is 62.2 Å². The third-order valence-electron chi connectivity index (χ3n) is 8.01. The van der Waals surface area contributed by atoms with Crippen LogP contribution in [0.4, 0.5) is 13.2 Å². The van der Waals surface area contributed by atoms with Gasteiger partial charge in [-0.3, -0.25) is 14.6 Å². The lowest BCUT2D eigenvalue weighted by molar-refractivity contribution is -0.296. The number of hydrogen-bond acceptors (Lipinski definition) is 10. The van der Waals surface area contributed by atoms with E-state index in [1.54, 1.807) is 32.4 Å². The topological polar surface area (TPSA) is 118 Å². The molecule has 4 rings (SSSR count). The molecular weight excluding hydrogens is 583 g/mol. The number of fused-ring (bicyclic) bond motifs is 1. The number of nitrogens with zero attached hydrogens (tertiary/aromatic N) is 5. The fraction of sp³-hybridized carbons (Fsp3) is 0.500. The van der Waals surface area contributed by atoms with E-state index in [1.165, 1.54) is 18.5 Å². The van der Waals surface area contributed by atoms with Gasteiger partial charge in [0, 0.05) is 32.9 Å². The second-order valence-corrected chi connectivity index (χ2v) is 11.5. The Morgan fingerprint density at radius 3 is 2.50 bits per heavy atom. The second kappa shape index (κ2) is 12.9. The Bertz CT molecular complexity index is 1490. The van der Waals surface area contributed by atoms with Crippen LogP contribution in [0, 0.1) is 12.3 Å². The van der Waals surface area contributed by atoms with E-state index in [-0.39, 0.29) is 12.7 Å². The highest BCUT2D eigenvalue weighted by Gasteiger charge is 2.52. The van der Waals surface area contributed by atoms with Crippen molar-refractivity contribution < 1.29 is 42.0 Å². The average molecular weight is 620 g/mol. The maximum atomic E-state index is 13.2. The minimum Gasteiger partial charge on any atom is -0.487 e. The van der Waals surface area contributed by atoms with Crippen LogP contribution in [0.15, 0.2) is 42.7 Å². The van der Waals surface area contributed by atoms with Gasteiger partial charge in [-0.1, -0.05) is 30.3 Å². The molecule has 14 heteroatoms. The summed E-state index contributed by atoms with van der Waals surface area (Å²) in [5.41, 5.74) is 0.564. The fourth-order valence-corrected chi connectivity index (χ4v) is 4.87. The summed E-state index contributed by atoms with van der Waals surface area (Å²) in [7, 11) is 1.68. The van der Waals surface area contributed by atoms with Crippen molar-refractivity contribution in [3.8, 4) is 5.75 Å². The molecule has 3 aromatic rings. The average Bonchev–Trinajstić information content (AvgIpc) is 3.30. The summed E-state index contributed by atoms with van der Waals surface area (Å²) in [5, 5.41) is 7.93. The summed E-state index contributed by atoms with van der Waals surface area (Å²) in [6.45, 7) is 10.2. The van der Waals surface area contributed by atoms with Gasteiger partial charge >= 0.3 is 18.1 Å². The normalized spacial score (nSPS) is 17.2. The number of hydrogen-bond donors (Lipinski definition) is 0. The van der Waals surface area contributed by atoms with Gasteiger partial charge in [0.2, 0.25) is 0 Å². The number of ether oxygens (including phenoxy) is 2. The van der Waals surface area contributed by atoms with Gasteiger partial charge < -0.3 is 9.47 Å². The molecular formula is C30H36F3N5O6.